The molecule has 6 nitrogen and oxygen atoms in total. The number of fused-ring (bicyclic) bond motifs is 1. The van der Waals surface area contributed by atoms with Gasteiger partial charge in [-0.15, -0.1) is 0 Å². The van der Waals surface area contributed by atoms with Gasteiger partial charge in [-0.2, -0.15) is 0 Å². The smallest absolute Gasteiger partial charge is 0.341 e. The number of carbonyl (C=O) groups excluding carboxylic acids is 1. The molecule has 1 aliphatic rings. The van der Waals surface area contributed by atoms with Crippen molar-refractivity contribution in [2.45, 2.75) is 25.7 Å². The van der Waals surface area contributed by atoms with Gasteiger partial charge in [-0.1, -0.05) is 12.1 Å². The van der Waals surface area contributed by atoms with E-state index in [2.05, 4.69) is 0 Å². The number of amides is 1. The minimum atomic E-state index is -1.22. The van der Waals surface area contributed by atoms with E-state index >= 15 is 0 Å². The molecule has 2 heterocycles. The third-order valence-corrected chi connectivity index (χ3v) is 5.12. The molecule has 3 aromatic rings. The fourth-order valence-corrected chi connectivity index (χ4v) is 3.61. The van der Waals surface area contributed by atoms with Gasteiger partial charge in [0.25, 0.3) is 5.56 Å². The van der Waals surface area contributed by atoms with Crippen LogP contribution in [0.3, 0.4) is 0 Å². The first-order chi connectivity index (χ1) is 12.9. The molecular formula is C21H18N2O4. The molecule has 4 rings (SSSR count). The Balaban J connectivity index is 2.02. The molecule has 0 spiro atoms. The number of benzene rings is 1. The summed E-state index contributed by atoms with van der Waals surface area (Å²) < 4.78 is 1.42. The van der Waals surface area contributed by atoms with E-state index in [4.69, 9.17) is 5.73 Å². The number of aromatic carboxylic acids is 1. The van der Waals surface area contributed by atoms with Crippen molar-refractivity contribution in [2.75, 3.05) is 0 Å². The van der Waals surface area contributed by atoms with Crippen LogP contribution in [-0.4, -0.2) is 21.4 Å². The van der Waals surface area contributed by atoms with Crippen molar-refractivity contribution in [2.24, 2.45) is 5.73 Å². The van der Waals surface area contributed by atoms with Gasteiger partial charge >= 0.3 is 5.97 Å². The highest BCUT2D eigenvalue weighted by Crippen LogP contribution is 2.43. The molecule has 1 saturated carbocycles. The highest BCUT2D eigenvalue weighted by Gasteiger charge is 2.29. The SMILES string of the molecule is Cc1c(-c2cccc(C(N)=O)c2)ccn2c(=O)c(C(=O)O)cc(C3CC3)c12. The number of pyridine rings is 2. The lowest BCUT2D eigenvalue weighted by Gasteiger charge is -2.15. The van der Waals surface area contributed by atoms with E-state index in [1.54, 1.807) is 30.5 Å². The molecule has 0 atom stereocenters. The molecule has 1 fully saturated rings. The van der Waals surface area contributed by atoms with Crippen LogP contribution in [0.25, 0.3) is 16.6 Å². The topological polar surface area (TPSA) is 102 Å². The normalized spacial score (nSPS) is 13.7. The van der Waals surface area contributed by atoms with Gasteiger partial charge < -0.3 is 10.8 Å². The van der Waals surface area contributed by atoms with E-state index in [1.165, 1.54) is 10.5 Å². The van der Waals surface area contributed by atoms with Crippen LogP contribution in [0.4, 0.5) is 0 Å². The molecule has 0 aliphatic heterocycles. The van der Waals surface area contributed by atoms with Crippen molar-refractivity contribution in [3.8, 4) is 11.1 Å². The van der Waals surface area contributed by atoms with Crippen LogP contribution >= 0.6 is 0 Å². The van der Waals surface area contributed by atoms with Crippen molar-refractivity contribution < 1.29 is 14.7 Å². The van der Waals surface area contributed by atoms with Crippen LogP contribution in [0.15, 0.2) is 47.4 Å². The van der Waals surface area contributed by atoms with E-state index in [1.807, 2.05) is 13.0 Å². The van der Waals surface area contributed by atoms with E-state index in [9.17, 15) is 19.5 Å². The van der Waals surface area contributed by atoms with Crippen molar-refractivity contribution in [3.63, 3.8) is 0 Å². The maximum absolute atomic E-state index is 12.6. The summed E-state index contributed by atoms with van der Waals surface area (Å²) in [6.07, 6.45) is 3.57. The fraction of sp³-hybridized carbons (Fsp3) is 0.190. The third kappa shape index (κ3) is 2.79. The van der Waals surface area contributed by atoms with Crippen LogP contribution in [0.2, 0.25) is 0 Å². The second-order valence-electron chi connectivity index (χ2n) is 6.92. The lowest BCUT2D eigenvalue weighted by Crippen LogP contribution is -2.23. The first kappa shape index (κ1) is 17.0. The number of primary amides is 1. The van der Waals surface area contributed by atoms with Gasteiger partial charge in [0.05, 0.1) is 5.52 Å². The van der Waals surface area contributed by atoms with Gasteiger partial charge in [0.1, 0.15) is 5.56 Å². The second kappa shape index (κ2) is 6.09. The number of carboxylic acids is 1. The summed E-state index contributed by atoms with van der Waals surface area (Å²) in [7, 11) is 0. The number of carbonyl (C=O) groups is 2. The minimum absolute atomic E-state index is 0.211. The van der Waals surface area contributed by atoms with Crippen LogP contribution in [0.5, 0.6) is 0 Å². The average molecular weight is 362 g/mol. The first-order valence-electron chi connectivity index (χ1n) is 8.71. The Bertz CT molecular complexity index is 1170. The van der Waals surface area contributed by atoms with Gasteiger partial charge in [0, 0.05) is 11.8 Å². The molecule has 2 aromatic heterocycles. The van der Waals surface area contributed by atoms with Gasteiger partial charge in [0.2, 0.25) is 5.91 Å². The van der Waals surface area contributed by atoms with Crippen molar-refractivity contribution in [3.05, 3.63) is 75.2 Å². The summed E-state index contributed by atoms with van der Waals surface area (Å²) in [4.78, 5) is 35.6. The number of nitrogens with two attached hydrogens (primary N) is 1. The van der Waals surface area contributed by atoms with Gasteiger partial charge in [-0.25, -0.2) is 4.79 Å². The third-order valence-electron chi connectivity index (χ3n) is 5.12. The zero-order chi connectivity index (χ0) is 19.3. The van der Waals surface area contributed by atoms with Crippen LogP contribution in [0, 0.1) is 6.92 Å². The van der Waals surface area contributed by atoms with E-state index in [-0.39, 0.29) is 11.5 Å². The van der Waals surface area contributed by atoms with Crippen LogP contribution < -0.4 is 11.3 Å². The van der Waals surface area contributed by atoms with Crippen molar-refractivity contribution >= 4 is 17.4 Å². The fourth-order valence-electron chi connectivity index (χ4n) is 3.61. The number of aryl methyl sites for hydroxylation is 1. The molecule has 0 bridgehead atoms. The Morgan fingerprint density at radius 1 is 1.19 bits per heavy atom. The number of hydrogen-bond donors (Lipinski definition) is 2. The monoisotopic (exact) mass is 362 g/mol. The molecule has 27 heavy (non-hydrogen) atoms. The Labute approximate surface area is 154 Å². The van der Waals surface area contributed by atoms with E-state index in [0.717, 1.165) is 40.6 Å². The molecule has 6 heteroatoms. The lowest BCUT2D eigenvalue weighted by atomic mass is 9.95. The lowest BCUT2D eigenvalue weighted by molar-refractivity contribution is 0.0694. The zero-order valence-corrected chi connectivity index (χ0v) is 14.7. The molecule has 0 unspecified atom stereocenters. The average Bonchev–Trinajstić information content (AvgIpc) is 3.47. The first-order valence-corrected chi connectivity index (χ1v) is 8.71. The molecular weight excluding hydrogens is 344 g/mol. The predicted molar refractivity (Wildman–Crippen MR) is 101 cm³/mol. The predicted octanol–water partition coefficient (Wildman–Crippen LogP) is 2.95. The summed E-state index contributed by atoms with van der Waals surface area (Å²) in [6.45, 7) is 1.91. The summed E-state index contributed by atoms with van der Waals surface area (Å²) in [5.41, 5.74) is 9.25. The second-order valence-corrected chi connectivity index (χ2v) is 6.92. The number of rotatable bonds is 4. The number of nitrogens with zero attached hydrogens (tertiary/aromatic N) is 1. The van der Waals surface area contributed by atoms with Crippen molar-refractivity contribution in [1.29, 1.82) is 0 Å². The highest BCUT2D eigenvalue weighted by atomic mass is 16.4. The zero-order valence-electron chi connectivity index (χ0n) is 14.7. The standard InChI is InChI=1S/C21H18N2O4/c1-11-15(13-3-2-4-14(9-13)19(22)24)7-8-23-18(11)16(12-5-6-12)10-17(20(23)25)21(26)27/h2-4,7-10,12H,5-6H2,1H3,(H2,22,24)(H,26,27). The summed E-state index contributed by atoms with van der Waals surface area (Å²) >= 11 is 0. The summed E-state index contributed by atoms with van der Waals surface area (Å²) in [6, 6.07) is 10.3. The Morgan fingerprint density at radius 2 is 1.93 bits per heavy atom. The Hall–Kier alpha value is -3.41. The molecule has 3 N–H and O–H groups in total. The molecule has 1 aliphatic carbocycles. The Kier molecular flexibility index (Phi) is 3.84. The molecule has 0 saturated heterocycles. The largest absolute Gasteiger partial charge is 0.477 e. The molecule has 1 amide bonds. The van der Waals surface area contributed by atoms with E-state index in [0.29, 0.717) is 5.56 Å². The van der Waals surface area contributed by atoms with E-state index < -0.39 is 17.4 Å². The van der Waals surface area contributed by atoms with Crippen LogP contribution in [-0.2, 0) is 0 Å². The molecule has 1 aromatic carbocycles. The van der Waals surface area contributed by atoms with Gasteiger partial charge in [-0.05, 0) is 72.2 Å². The number of carboxylic acid groups (broad SMARTS) is 1. The molecule has 0 radical (unpaired) electrons. The summed E-state index contributed by atoms with van der Waals surface area (Å²) in [5, 5.41) is 9.38. The highest BCUT2D eigenvalue weighted by molar-refractivity contribution is 5.94. The molecule has 136 valence electrons. The van der Waals surface area contributed by atoms with Crippen LogP contribution in [0.1, 0.15) is 50.6 Å². The van der Waals surface area contributed by atoms with Crippen molar-refractivity contribution in [1.82, 2.24) is 4.40 Å². The number of hydrogen-bond acceptors (Lipinski definition) is 3. The maximum Gasteiger partial charge on any atom is 0.341 e. The maximum atomic E-state index is 12.6. The quantitative estimate of drug-likeness (QED) is 0.745. The Morgan fingerprint density at radius 3 is 2.56 bits per heavy atom. The van der Waals surface area contributed by atoms with Gasteiger partial charge in [-0.3, -0.25) is 14.0 Å². The number of aromatic nitrogens is 1. The minimum Gasteiger partial charge on any atom is -0.477 e. The van der Waals surface area contributed by atoms with Gasteiger partial charge in [0.15, 0.2) is 0 Å². The summed E-state index contributed by atoms with van der Waals surface area (Å²) in [5.74, 6) is -1.45.